The lowest BCUT2D eigenvalue weighted by Crippen LogP contribution is -2.43. The smallest absolute Gasteiger partial charge is 0.230 e. The van der Waals surface area contributed by atoms with E-state index in [4.69, 9.17) is 18.0 Å². The fourth-order valence-corrected chi connectivity index (χ4v) is 2.57. The summed E-state index contributed by atoms with van der Waals surface area (Å²) in [4.78, 5) is 14.9. The molecule has 102 valence electrons. The van der Waals surface area contributed by atoms with Crippen LogP contribution >= 0.6 is 12.2 Å². The Hall–Kier alpha value is -1.42. The molecule has 0 aromatic heterocycles. The summed E-state index contributed by atoms with van der Waals surface area (Å²) in [7, 11) is 0. The molecule has 1 aromatic carbocycles. The molecular weight excluding hydrogens is 256 g/mol. The topological polar surface area (TPSA) is 46.3 Å². The first-order chi connectivity index (χ1) is 9.04. The van der Waals surface area contributed by atoms with E-state index >= 15 is 0 Å². The molecule has 2 unspecified atom stereocenters. The van der Waals surface area contributed by atoms with Gasteiger partial charge in [-0.3, -0.25) is 4.79 Å². The molecule has 0 saturated heterocycles. The highest BCUT2D eigenvalue weighted by Gasteiger charge is 2.34. The minimum absolute atomic E-state index is 0.0229. The zero-order chi connectivity index (χ0) is 14.0. The molecule has 2 atom stereocenters. The molecule has 0 saturated carbocycles. The molecule has 3 nitrogen and oxygen atoms in total. The fourth-order valence-electron chi connectivity index (χ4n) is 2.49. The van der Waals surface area contributed by atoms with Gasteiger partial charge in [0.1, 0.15) is 0 Å². The van der Waals surface area contributed by atoms with E-state index in [1.54, 1.807) is 0 Å². The number of amides is 1. The highest BCUT2D eigenvalue weighted by Crippen LogP contribution is 2.36. The molecule has 0 aliphatic heterocycles. The van der Waals surface area contributed by atoms with Gasteiger partial charge >= 0.3 is 0 Å². The minimum Gasteiger partial charge on any atom is -0.393 e. The van der Waals surface area contributed by atoms with Gasteiger partial charge in [-0.2, -0.15) is 0 Å². The highest BCUT2D eigenvalue weighted by atomic mass is 32.1. The number of hydrogen-bond acceptors (Lipinski definition) is 2. The van der Waals surface area contributed by atoms with Crippen molar-refractivity contribution in [3.05, 3.63) is 35.4 Å². The van der Waals surface area contributed by atoms with Crippen molar-refractivity contribution in [3.8, 4) is 0 Å². The van der Waals surface area contributed by atoms with Crippen LogP contribution in [0.25, 0.3) is 0 Å². The van der Waals surface area contributed by atoms with Gasteiger partial charge in [0.2, 0.25) is 5.91 Å². The van der Waals surface area contributed by atoms with Gasteiger partial charge in [-0.05, 0) is 24.5 Å². The average Bonchev–Trinajstić information content (AvgIpc) is 2.36. The first kappa shape index (κ1) is 14.0. The van der Waals surface area contributed by atoms with Crippen molar-refractivity contribution < 1.29 is 4.79 Å². The Morgan fingerprint density at radius 3 is 2.79 bits per heavy atom. The molecule has 1 aliphatic rings. The van der Waals surface area contributed by atoms with Gasteiger partial charge < -0.3 is 10.6 Å². The van der Waals surface area contributed by atoms with Gasteiger partial charge in [0, 0.05) is 19.0 Å². The van der Waals surface area contributed by atoms with Crippen LogP contribution < -0.4 is 5.73 Å². The standard InChI is InChI=1S/C15H20N2OS/c1-3-17(9-10(2)14(16)19)15(18)13-8-11-6-4-5-7-12(11)13/h4-7,10,13H,3,8-9H2,1-2H3,(H2,16,19). The first-order valence-corrected chi connectivity index (χ1v) is 7.11. The summed E-state index contributed by atoms with van der Waals surface area (Å²) in [6.07, 6.45) is 0.854. The van der Waals surface area contributed by atoms with Gasteiger partial charge in [0.25, 0.3) is 0 Å². The largest absolute Gasteiger partial charge is 0.393 e. The van der Waals surface area contributed by atoms with Gasteiger partial charge in [-0.15, -0.1) is 0 Å². The molecule has 1 aromatic rings. The maximum atomic E-state index is 12.5. The van der Waals surface area contributed by atoms with Crippen LogP contribution in [0, 0.1) is 5.92 Å². The molecule has 1 amide bonds. The van der Waals surface area contributed by atoms with Crippen LogP contribution in [0.3, 0.4) is 0 Å². The summed E-state index contributed by atoms with van der Waals surface area (Å²) in [5.74, 6) is 0.285. The number of benzene rings is 1. The number of hydrogen-bond donors (Lipinski definition) is 1. The lowest BCUT2D eigenvalue weighted by Gasteiger charge is -2.34. The summed E-state index contributed by atoms with van der Waals surface area (Å²) >= 11 is 4.98. The summed E-state index contributed by atoms with van der Waals surface area (Å²) in [5.41, 5.74) is 8.10. The Morgan fingerprint density at radius 2 is 2.21 bits per heavy atom. The van der Waals surface area contributed by atoms with Crippen molar-refractivity contribution >= 4 is 23.1 Å². The van der Waals surface area contributed by atoms with Crippen molar-refractivity contribution in [1.29, 1.82) is 0 Å². The number of carbonyl (C=O) groups is 1. The van der Waals surface area contributed by atoms with Crippen molar-refractivity contribution in [1.82, 2.24) is 4.90 Å². The average molecular weight is 276 g/mol. The van der Waals surface area contributed by atoms with Crippen molar-refractivity contribution in [2.45, 2.75) is 26.2 Å². The maximum Gasteiger partial charge on any atom is 0.230 e. The maximum absolute atomic E-state index is 12.5. The Kier molecular flexibility index (Phi) is 4.20. The summed E-state index contributed by atoms with van der Waals surface area (Å²) < 4.78 is 0. The molecule has 0 bridgehead atoms. The van der Waals surface area contributed by atoms with E-state index in [0.29, 0.717) is 18.1 Å². The van der Waals surface area contributed by atoms with E-state index in [1.165, 1.54) is 11.1 Å². The predicted octanol–water partition coefficient (Wildman–Crippen LogP) is 2.10. The SMILES string of the molecule is CCN(CC(C)C(N)=S)C(=O)C1Cc2ccccc21. The second-order valence-electron chi connectivity index (χ2n) is 5.14. The zero-order valence-electron chi connectivity index (χ0n) is 11.4. The van der Waals surface area contributed by atoms with Crippen LogP contribution in [0.2, 0.25) is 0 Å². The summed E-state index contributed by atoms with van der Waals surface area (Å²) in [6, 6.07) is 8.15. The molecule has 0 fully saturated rings. The normalized spacial score (nSPS) is 18.1. The molecule has 2 rings (SSSR count). The zero-order valence-corrected chi connectivity index (χ0v) is 12.2. The summed E-state index contributed by atoms with van der Waals surface area (Å²) in [5, 5.41) is 0. The van der Waals surface area contributed by atoms with E-state index in [0.717, 1.165) is 6.42 Å². The van der Waals surface area contributed by atoms with Gasteiger partial charge in [-0.25, -0.2) is 0 Å². The van der Waals surface area contributed by atoms with E-state index in [2.05, 4.69) is 6.07 Å². The van der Waals surface area contributed by atoms with E-state index in [9.17, 15) is 4.79 Å². The van der Waals surface area contributed by atoms with Crippen LogP contribution in [0.1, 0.15) is 30.9 Å². The number of rotatable bonds is 5. The molecule has 4 heteroatoms. The van der Waals surface area contributed by atoms with Gasteiger partial charge in [0.15, 0.2) is 0 Å². The van der Waals surface area contributed by atoms with Crippen molar-refractivity contribution in [3.63, 3.8) is 0 Å². The fraction of sp³-hybridized carbons (Fsp3) is 0.467. The third-order valence-electron chi connectivity index (χ3n) is 3.83. The Morgan fingerprint density at radius 1 is 1.53 bits per heavy atom. The van der Waals surface area contributed by atoms with Crippen molar-refractivity contribution in [2.24, 2.45) is 11.7 Å². The molecular formula is C15H20N2OS. The first-order valence-electron chi connectivity index (χ1n) is 6.70. The van der Waals surface area contributed by atoms with Crippen LogP contribution in [0.5, 0.6) is 0 Å². The van der Waals surface area contributed by atoms with Crippen LogP contribution in [-0.2, 0) is 11.2 Å². The number of carbonyl (C=O) groups excluding carboxylic acids is 1. The molecule has 0 radical (unpaired) electrons. The van der Waals surface area contributed by atoms with E-state index < -0.39 is 0 Å². The second-order valence-corrected chi connectivity index (χ2v) is 5.61. The quantitative estimate of drug-likeness (QED) is 0.838. The Bertz CT molecular complexity index is 501. The molecule has 0 heterocycles. The minimum atomic E-state index is 0.0229. The van der Waals surface area contributed by atoms with E-state index in [1.807, 2.05) is 36.9 Å². The number of fused-ring (bicyclic) bond motifs is 1. The third-order valence-corrected chi connectivity index (χ3v) is 4.23. The monoisotopic (exact) mass is 276 g/mol. The van der Waals surface area contributed by atoms with E-state index in [-0.39, 0.29) is 17.7 Å². The molecule has 0 spiro atoms. The van der Waals surface area contributed by atoms with Crippen molar-refractivity contribution in [2.75, 3.05) is 13.1 Å². The van der Waals surface area contributed by atoms with Gasteiger partial charge in [0.05, 0.1) is 10.9 Å². The number of nitrogens with two attached hydrogens (primary N) is 1. The number of nitrogens with zero attached hydrogens (tertiary/aromatic N) is 1. The Balaban J connectivity index is 2.05. The molecule has 1 aliphatic carbocycles. The van der Waals surface area contributed by atoms with Crippen LogP contribution in [0.4, 0.5) is 0 Å². The van der Waals surface area contributed by atoms with Crippen LogP contribution in [-0.4, -0.2) is 28.9 Å². The molecule has 2 N–H and O–H groups in total. The van der Waals surface area contributed by atoms with Gasteiger partial charge in [-0.1, -0.05) is 43.4 Å². The number of thiocarbonyl (C=S) groups is 1. The lowest BCUT2D eigenvalue weighted by atomic mass is 9.77. The lowest BCUT2D eigenvalue weighted by molar-refractivity contribution is -0.133. The summed E-state index contributed by atoms with van der Waals surface area (Å²) in [6.45, 7) is 5.27. The predicted molar refractivity (Wildman–Crippen MR) is 81.1 cm³/mol. The highest BCUT2D eigenvalue weighted by molar-refractivity contribution is 7.80. The number of likely N-dealkylation sites (N-methyl/N-ethyl adjacent to an activating group) is 1. The van der Waals surface area contributed by atoms with Crippen LogP contribution in [0.15, 0.2) is 24.3 Å². The molecule has 19 heavy (non-hydrogen) atoms. The third kappa shape index (κ3) is 2.78. The Labute approximate surface area is 119 Å². The second kappa shape index (κ2) is 5.70.